The van der Waals surface area contributed by atoms with Crippen molar-refractivity contribution in [2.75, 3.05) is 13.1 Å². The smallest absolute Gasteiger partial charge is 0.248 e. The molecule has 2 rings (SSSR count). The van der Waals surface area contributed by atoms with Crippen molar-refractivity contribution in [3.8, 4) is 0 Å². The highest BCUT2D eigenvalue weighted by Crippen LogP contribution is 2.41. The zero-order valence-electron chi connectivity index (χ0n) is 9.96. The second-order valence-electron chi connectivity index (χ2n) is 5.02. The molecule has 4 nitrogen and oxygen atoms in total. The number of hydrogen-bond acceptors (Lipinski definition) is 2. The van der Waals surface area contributed by atoms with Crippen LogP contribution in [-0.2, 0) is 9.59 Å². The van der Waals surface area contributed by atoms with Crippen molar-refractivity contribution in [2.24, 2.45) is 5.92 Å². The lowest BCUT2D eigenvalue weighted by Crippen LogP contribution is -2.56. The lowest BCUT2D eigenvalue weighted by molar-refractivity contribution is -0.138. The molecule has 17 heavy (non-hydrogen) atoms. The van der Waals surface area contributed by atoms with E-state index in [1.165, 1.54) is 0 Å². The van der Waals surface area contributed by atoms with E-state index >= 15 is 0 Å². The molecule has 5 heteroatoms. The minimum Gasteiger partial charge on any atom is -0.342 e. The molecule has 1 N–H and O–H groups in total. The normalized spacial score (nSPS) is 29.9. The standard InChI is InChI=1S/C12H17ClN2O2/c1-8(13)7-15-6-5-10(16)14-12(2,11(15)17)9-3-4-9/h9H,1,3-7H2,2H3,(H,14,16). The Kier molecular flexibility index (Phi) is 3.17. The predicted octanol–water partition coefficient (Wildman–Crippen LogP) is 1.26. The number of amides is 2. The largest absolute Gasteiger partial charge is 0.342 e. The molecule has 2 amide bonds. The number of hydrogen-bond donors (Lipinski definition) is 1. The lowest BCUT2D eigenvalue weighted by Gasteiger charge is -2.32. The van der Waals surface area contributed by atoms with Gasteiger partial charge < -0.3 is 10.2 Å². The fourth-order valence-corrected chi connectivity index (χ4v) is 2.51. The Morgan fingerprint density at radius 2 is 2.24 bits per heavy atom. The maximum absolute atomic E-state index is 12.4. The average molecular weight is 257 g/mol. The van der Waals surface area contributed by atoms with Crippen LogP contribution in [0, 0.1) is 5.92 Å². The molecule has 1 atom stereocenters. The van der Waals surface area contributed by atoms with E-state index in [2.05, 4.69) is 11.9 Å². The van der Waals surface area contributed by atoms with E-state index in [0.717, 1.165) is 12.8 Å². The van der Waals surface area contributed by atoms with Gasteiger partial charge in [0, 0.05) is 18.0 Å². The van der Waals surface area contributed by atoms with Crippen LogP contribution in [0.15, 0.2) is 11.6 Å². The minimum absolute atomic E-state index is 0.0346. The highest BCUT2D eigenvalue weighted by Gasteiger charge is 2.50. The molecule has 1 unspecified atom stereocenters. The second-order valence-corrected chi connectivity index (χ2v) is 5.55. The number of carbonyl (C=O) groups excluding carboxylic acids is 2. The number of rotatable bonds is 3. The molecule has 0 aromatic carbocycles. The first-order valence-corrected chi connectivity index (χ1v) is 6.25. The predicted molar refractivity (Wildman–Crippen MR) is 65.5 cm³/mol. The molecule has 0 aromatic heterocycles. The fraction of sp³-hybridized carbons (Fsp3) is 0.667. The van der Waals surface area contributed by atoms with Crippen molar-refractivity contribution < 1.29 is 9.59 Å². The van der Waals surface area contributed by atoms with E-state index < -0.39 is 5.54 Å². The Morgan fingerprint density at radius 1 is 1.59 bits per heavy atom. The van der Waals surface area contributed by atoms with Gasteiger partial charge in [-0.25, -0.2) is 0 Å². The summed E-state index contributed by atoms with van der Waals surface area (Å²) in [7, 11) is 0. The van der Waals surface area contributed by atoms with Gasteiger partial charge in [-0.1, -0.05) is 18.2 Å². The molecule has 1 aliphatic heterocycles. The Balaban J connectivity index is 2.22. The van der Waals surface area contributed by atoms with Crippen LogP contribution in [0.3, 0.4) is 0 Å². The third-order valence-electron chi connectivity index (χ3n) is 3.50. The maximum atomic E-state index is 12.4. The zero-order valence-corrected chi connectivity index (χ0v) is 10.7. The van der Waals surface area contributed by atoms with Crippen LogP contribution in [0.1, 0.15) is 26.2 Å². The molecule has 0 bridgehead atoms. The van der Waals surface area contributed by atoms with Gasteiger partial charge in [0.25, 0.3) is 0 Å². The highest BCUT2D eigenvalue weighted by atomic mass is 35.5. The fourth-order valence-electron chi connectivity index (χ4n) is 2.37. The molecular formula is C12H17ClN2O2. The van der Waals surface area contributed by atoms with Crippen LogP contribution in [0.2, 0.25) is 0 Å². The third kappa shape index (κ3) is 2.46. The first-order valence-electron chi connectivity index (χ1n) is 5.87. The SMILES string of the molecule is C=C(Cl)CN1CCC(=O)NC(C)(C2CC2)C1=O. The Hall–Kier alpha value is -1.03. The first kappa shape index (κ1) is 12.4. The van der Waals surface area contributed by atoms with Crippen molar-refractivity contribution in [3.05, 3.63) is 11.6 Å². The topological polar surface area (TPSA) is 49.4 Å². The molecule has 0 aromatic rings. The van der Waals surface area contributed by atoms with Gasteiger partial charge in [0.2, 0.25) is 11.8 Å². The molecule has 1 saturated heterocycles. The zero-order chi connectivity index (χ0) is 12.6. The molecule has 2 fully saturated rings. The van der Waals surface area contributed by atoms with Gasteiger partial charge in [-0.2, -0.15) is 0 Å². The maximum Gasteiger partial charge on any atom is 0.248 e. The summed E-state index contributed by atoms with van der Waals surface area (Å²) in [5.41, 5.74) is -0.750. The van der Waals surface area contributed by atoms with Gasteiger partial charge in [0.15, 0.2) is 0 Å². The molecular weight excluding hydrogens is 240 g/mol. The van der Waals surface area contributed by atoms with Gasteiger partial charge in [-0.3, -0.25) is 9.59 Å². The number of nitrogens with one attached hydrogen (secondary N) is 1. The van der Waals surface area contributed by atoms with E-state index in [-0.39, 0.29) is 17.7 Å². The van der Waals surface area contributed by atoms with Gasteiger partial charge in [0.05, 0.1) is 6.54 Å². The van der Waals surface area contributed by atoms with Crippen molar-refractivity contribution in [3.63, 3.8) is 0 Å². The molecule has 0 spiro atoms. The summed E-state index contributed by atoms with van der Waals surface area (Å²) in [5.74, 6) is 0.172. The highest BCUT2D eigenvalue weighted by molar-refractivity contribution is 6.29. The quantitative estimate of drug-likeness (QED) is 0.826. The summed E-state index contributed by atoms with van der Waals surface area (Å²) in [6, 6.07) is 0. The number of carbonyl (C=O) groups is 2. The summed E-state index contributed by atoms with van der Waals surface area (Å²) in [6.07, 6.45) is 2.33. The van der Waals surface area contributed by atoms with Crippen LogP contribution in [0.25, 0.3) is 0 Å². The van der Waals surface area contributed by atoms with Gasteiger partial charge in [0.1, 0.15) is 5.54 Å². The van der Waals surface area contributed by atoms with Crippen LogP contribution in [0.5, 0.6) is 0 Å². The summed E-state index contributed by atoms with van der Waals surface area (Å²) in [6.45, 7) is 6.16. The molecule has 1 heterocycles. The van der Waals surface area contributed by atoms with Crippen LogP contribution in [-0.4, -0.2) is 35.3 Å². The van der Waals surface area contributed by atoms with Crippen molar-refractivity contribution >= 4 is 23.4 Å². The van der Waals surface area contributed by atoms with Crippen molar-refractivity contribution in [1.82, 2.24) is 10.2 Å². The van der Waals surface area contributed by atoms with E-state index in [1.54, 1.807) is 4.90 Å². The van der Waals surface area contributed by atoms with E-state index in [0.29, 0.717) is 24.5 Å². The van der Waals surface area contributed by atoms with E-state index in [4.69, 9.17) is 11.6 Å². The van der Waals surface area contributed by atoms with Gasteiger partial charge in [-0.05, 0) is 25.7 Å². The Morgan fingerprint density at radius 3 is 2.76 bits per heavy atom. The minimum atomic E-state index is -0.750. The molecule has 0 radical (unpaired) electrons. The van der Waals surface area contributed by atoms with E-state index in [1.807, 2.05) is 6.92 Å². The Labute approximate surface area is 106 Å². The molecule has 2 aliphatic rings. The summed E-state index contributed by atoms with van der Waals surface area (Å²) in [4.78, 5) is 25.7. The lowest BCUT2D eigenvalue weighted by atomic mass is 9.94. The summed E-state index contributed by atoms with van der Waals surface area (Å²) >= 11 is 5.76. The summed E-state index contributed by atoms with van der Waals surface area (Å²) < 4.78 is 0. The van der Waals surface area contributed by atoms with Crippen LogP contribution >= 0.6 is 11.6 Å². The molecule has 1 saturated carbocycles. The van der Waals surface area contributed by atoms with Crippen molar-refractivity contribution in [2.45, 2.75) is 31.7 Å². The number of nitrogens with zero attached hydrogens (tertiary/aromatic N) is 1. The summed E-state index contributed by atoms with van der Waals surface area (Å²) in [5, 5.41) is 3.29. The monoisotopic (exact) mass is 256 g/mol. The van der Waals surface area contributed by atoms with Crippen molar-refractivity contribution in [1.29, 1.82) is 0 Å². The third-order valence-corrected chi connectivity index (χ3v) is 3.62. The number of halogens is 1. The Bertz CT molecular complexity index is 379. The van der Waals surface area contributed by atoms with Crippen LogP contribution in [0.4, 0.5) is 0 Å². The van der Waals surface area contributed by atoms with Crippen LogP contribution < -0.4 is 5.32 Å². The second kappa shape index (κ2) is 4.33. The van der Waals surface area contributed by atoms with E-state index in [9.17, 15) is 9.59 Å². The van der Waals surface area contributed by atoms with Gasteiger partial charge >= 0.3 is 0 Å². The molecule has 1 aliphatic carbocycles. The van der Waals surface area contributed by atoms with Gasteiger partial charge in [-0.15, -0.1) is 0 Å². The first-order chi connectivity index (χ1) is 7.93. The average Bonchev–Trinajstić information content (AvgIpc) is 3.05. The molecule has 94 valence electrons.